The molecule has 0 bridgehead atoms. The quantitative estimate of drug-likeness (QED) is 0.749. The summed E-state index contributed by atoms with van der Waals surface area (Å²) in [5, 5.41) is 2.88. The zero-order chi connectivity index (χ0) is 10.4. The highest BCUT2D eigenvalue weighted by atomic mass is 19.1. The minimum absolute atomic E-state index is 0.0527. The van der Waals surface area contributed by atoms with E-state index in [1.165, 1.54) is 12.5 Å². The molecule has 1 aromatic rings. The zero-order valence-electron chi connectivity index (χ0n) is 8.29. The van der Waals surface area contributed by atoms with Crippen molar-refractivity contribution in [3.8, 4) is 0 Å². The Labute approximate surface area is 87.5 Å². The number of carbonyl (C=O) groups excluding carboxylic acids is 1. The summed E-state index contributed by atoms with van der Waals surface area (Å²) >= 11 is 0. The number of hydrogen-bond acceptors (Lipinski definition) is 1. The van der Waals surface area contributed by atoms with Gasteiger partial charge < -0.3 is 5.32 Å². The maximum atomic E-state index is 13.4. The molecule has 0 radical (unpaired) electrons. The first kappa shape index (κ1) is 8.89. The second-order valence-corrected chi connectivity index (χ2v) is 4.35. The van der Waals surface area contributed by atoms with E-state index in [2.05, 4.69) is 5.32 Å². The SMILES string of the molecule is O=C1NC(C2CCC2)c2cccc(F)c21. The Morgan fingerprint density at radius 1 is 1.33 bits per heavy atom. The molecule has 1 aliphatic heterocycles. The summed E-state index contributed by atoms with van der Waals surface area (Å²) in [6.07, 6.45) is 3.50. The second-order valence-electron chi connectivity index (χ2n) is 4.35. The Hall–Kier alpha value is -1.38. The van der Waals surface area contributed by atoms with Crippen molar-refractivity contribution >= 4 is 5.91 Å². The molecule has 1 aromatic carbocycles. The van der Waals surface area contributed by atoms with Crippen molar-refractivity contribution in [2.24, 2.45) is 5.92 Å². The second kappa shape index (κ2) is 3.05. The molecule has 2 nitrogen and oxygen atoms in total. The molecule has 0 spiro atoms. The minimum Gasteiger partial charge on any atom is -0.345 e. The number of carbonyl (C=O) groups is 1. The van der Waals surface area contributed by atoms with Gasteiger partial charge in [-0.25, -0.2) is 4.39 Å². The molecular formula is C12H12FNO. The monoisotopic (exact) mass is 205 g/mol. The average Bonchev–Trinajstić information content (AvgIpc) is 2.43. The predicted molar refractivity (Wildman–Crippen MR) is 53.9 cm³/mol. The van der Waals surface area contributed by atoms with Crippen molar-refractivity contribution in [1.82, 2.24) is 5.32 Å². The first-order valence-electron chi connectivity index (χ1n) is 5.36. The van der Waals surface area contributed by atoms with Crippen LogP contribution in [0.4, 0.5) is 4.39 Å². The number of fused-ring (bicyclic) bond motifs is 1. The molecule has 0 aromatic heterocycles. The number of rotatable bonds is 1. The third-order valence-electron chi connectivity index (χ3n) is 3.52. The van der Waals surface area contributed by atoms with Crippen LogP contribution in [0.25, 0.3) is 0 Å². The van der Waals surface area contributed by atoms with Crippen molar-refractivity contribution in [3.05, 3.63) is 35.1 Å². The normalized spacial score (nSPS) is 24.6. The van der Waals surface area contributed by atoms with E-state index in [0.29, 0.717) is 5.92 Å². The molecular weight excluding hydrogens is 193 g/mol. The van der Waals surface area contributed by atoms with E-state index >= 15 is 0 Å². The lowest BCUT2D eigenvalue weighted by atomic mass is 9.77. The van der Waals surface area contributed by atoms with E-state index in [-0.39, 0.29) is 17.5 Å². The van der Waals surface area contributed by atoms with E-state index in [0.717, 1.165) is 18.4 Å². The van der Waals surface area contributed by atoms with Crippen LogP contribution in [-0.2, 0) is 0 Å². The van der Waals surface area contributed by atoms with Crippen molar-refractivity contribution in [1.29, 1.82) is 0 Å². The first-order valence-corrected chi connectivity index (χ1v) is 5.36. The molecule has 3 heteroatoms. The lowest BCUT2D eigenvalue weighted by Crippen LogP contribution is -2.29. The van der Waals surface area contributed by atoms with Crippen LogP contribution < -0.4 is 5.32 Å². The highest BCUT2D eigenvalue weighted by Gasteiger charge is 2.38. The highest BCUT2D eigenvalue weighted by molar-refractivity contribution is 5.99. The highest BCUT2D eigenvalue weighted by Crippen LogP contribution is 2.41. The van der Waals surface area contributed by atoms with Gasteiger partial charge in [0, 0.05) is 0 Å². The van der Waals surface area contributed by atoms with Gasteiger partial charge in [-0.15, -0.1) is 0 Å². The standard InChI is InChI=1S/C12H12FNO/c13-9-6-2-5-8-10(9)12(15)14-11(8)7-3-1-4-7/h2,5-7,11H,1,3-4H2,(H,14,15). The number of nitrogens with one attached hydrogen (secondary N) is 1. The first-order chi connectivity index (χ1) is 7.27. The van der Waals surface area contributed by atoms with E-state index < -0.39 is 5.82 Å². The molecule has 2 aliphatic rings. The fraction of sp³-hybridized carbons (Fsp3) is 0.417. The van der Waals surface area contributed by atoms with Crippen molar-refractivity contribution in [3.63, 3.8) is 0 Å². The largest absolute Gasteiger partial charge is 0.345 e. The molecule has 1 N–H and O–H groups in total. The summed E-state index contributed by atoms with van der Waals surface area (Å²) in [7, 11) is 0. The van der Waals surface area contributed by atoms with Gasteiger partial charge in [0.05, 0.1) is 11.6 Å². The fourth-order valence-corrected chi connectivity index (χ4v) is 2.48. The third-order valence-corrected chi connectivity index (χ3v) is 3.52. The van der Waals surface area contributed by atoms with Gasteiger partial charge in [0.15, 0.2) is 0 Å². The maximum Gasteiger partial charge on any atom is 0.255 e. The number of benzene rings is 1. The number of amides is 1. The van der Waals surface area contributed by atoms with Crippen LogP contribution in [-0.4, -0.2) is 5.91 Å². The van der Waals surface area contributed by atoms with Gasteiger partial charge in [0.2, 0.25) is 0 Å². The Kier molecular flexibility index (Phi) is 1.81. The Balaban J connectivity index is 2.05. The Morgan fingerprint density at radius 2 is 2.13 bits per heavy atom. The van der Waals surface area contributed by atoms with Gasteiger partial charge in [-0.3, -0.25) is 4.79 Å². The van der Waals surface area contributed by atoms with Gasteiger partial charge in [0.1, 0.15) is 5.82 Å². The summed E-state index contributed by atoms with van der Waals surface area (Å²) in [5.41, 5.74) is 1.11. The summed E-state index contributed by atoms with van der Waals surface area (Å²) in [5.74, 6) is -0.135. The van der Waals surface area contributed by atoms with Gasteiger partial charge in [-0.05, 0) is 30.4 Å². The van der Waals surface area contributed by atoms with Gasteiger partial charge in [-0.2, -0.15) is 0 Å². The van der Waals surface area contributed by atoms with Gasteiger partial charge in [0.25, 0.3) is 5.91 Å². The number of halogens is 1. The zero-order valence-corrected chi connectivity index (χ0v) is 8.29. The molecule has 3 rings (SSSR count). The van der Waals surface area contributed by atoms with Crippen LogP contribution in [0, 0.1) is 11.7 Å². The van der Waals surface area contributed by atoms with Gasteiger partial charge in [-0.1, -0.05) is 18.6 Å². The summed E-state index contributed by atoms with van der Waals surface area (Å²) in [6.45, 7) is 0. The van der Waals surface area contributed by atoms with Crippen LogP contribution in [0.2, 0.25) is 0 Å². The van der Waals surface area contributed by atoms with Crippen molar-refractivity contribution in [2.45, 2.75) is 25.3 Å². The molecule has 15 heavy (non-hydrogen) atoms. The fourth-order valence-electron chi connectivity index (χ4n) is 2.48. The van der Waals surface area contributed by atoms with E-state index in [1.807, 2.05) is 6.07 Å². The molecule has 1 saturated carbocycles. The molecule has 0 saturated heterocycles. The molecule has 1 unspecified atom stereocenters. The topological polar surface area (TPSA) is 29.1 Å². The lowest BCUT2D eigenvalue weighted by molar-refractivity contribution is 0.0929. The maximum absolute atomic E-state index is 13.4. The lowest BCUT2D eigenvalue weighted by Gasteiger charge is -2.31. The predicted octanol–water partition coefficient (Wildman–Crippen LogP) is 2.41. The van der Waals surface area contributed by atoms with E-state index in [9.17, 15) is 9.18 Å². The summed E-state index contributed by atoms with van der Waals surface area (Å²) in [6, 6.07) is 4.94. The van der Waals surface area contributed by atoms with Crippen LogP contribution >= 0.6 is 0 Å². The Morgan fingerprint density at radius 3 is 2.80 bits per heavy atom. The van der Waals surface area contributed by atoms with E-state index in [4.69, 9.17) is 0 Å². The summed E-state index contributed by atoms with van der Waals surface area (Å²) < 4.78 is 13.4. The van der Waals surface area contributed by atoms with Crippen molar-refractivity contribution < 1.29 is 9.18 Å². The summed E-state index contributed by atoms with van der Waals surface area (Å²) in [4.78, 5) is 11.6. The molecule has 1 atom stereocenters. The van der Waals surface area contributed by atoms with Crippen LogP contribution in [0.5, 0.6) is 0 Å². The Bertz CT molecular complexity index is 426. The van der Waals surface area contributed by atoms with E-state index in [1.54, 1.807) is 6.07 Å². The smallest absolute Gasteiger partial charge is 0.255 e. The van der Waals surface area contributed by atoms with Gasteiger partial charge >= 0.3 is 0 Å². The van der Waals surface area contributed by atoms with Crippen LogP contribution in [0.3, 0.4) is 0 Å². The minimum atomic E-state index is -0.396. The van der Waals surface area contributed by atoms with Crippen LogP contribution in [0.15, 0.2) is 18.2 Å². The third kappa shape index (κ3) is 1.19. The number of hydrogen-bond donors (Lipinski definition) is 1. The molecule has 1 heterocycles. The van der Waals surface area contributed by atoms with Crippen LogP contribution in [0.1, 0.15) is 41.2 Å². The van der Waals surface area contributed by atoms with Crippen molar-refractivity contribution in [2.75, 3.05) is 0 Å². The molecule has 78 valence electrons. The molecule has 1 aliphatic carbocycles. The average molecular weight is 205 g/mol. The molecule has 1 amide bonds. The molecule has 1 fully saturated rings.